The van der Waals surface area contributed by atoms with Crippen LogP contribution in [-0.2, 0) is 16.8 Å². The fourth-order valence-corrected chi connectivity index (χ4v) is 2.12. The molecule has 1 aromatic heterocycles. The first-order chi connectivity index (χ1) is 8.89. The number of carboxylic acid groups (broad SMARTS) is 1. The third kappa shape index (κ3) is 2.84. The highest BCUT2D eigenvalue weighted by atomic mass is 16.4. The summed E-state index contributed by atoms with van der Waals surface area (Å²) in [5, 5.41) is 9.00. The summed E-state index contributed by atoms with van der Waals surface area (Å²) in [5.74, 6) is -0.825. The van der Waals surface area contributed by atoms with Crippen molar-refractivity contribution in [2.45, 2.75) is 32.7 Å². The Balaban J connectivity index is 2.54. The third-order valence-corrected chi connectivity index (χ3v) is 3.00. The number of carboxylic acids is 1. The number of hydrogen-bond donors (Lipinski definition) is 1. The van der Waals surface area contributed by atoms with Crippen LogP contribution in [0.15, 0.2) is 36.8 Å². The Kier molecular flexibility index (Phi) is 3.42. The first-order valence-electron chi connectivity index (χ1n) is 6.22. The number of aliphatic carboxylic acids is 1. The molecule has 0 aliphatic rings. The summed E-state index contributed by atoms with van der Waals surface area (Å²) in [6, 6.07) is 7.57. The SMILES string of the molecule is CC(C)(C)n1cncc1-c1ccccc1CC(=O)O. The van der Waals surface area contributed by atoms with Gasteiger partial charge in [-0.05, 0) is 26.3 Å². The lowest BCUT2D eigenvalue weighted by molar-refractivity contribution is -0.136. The van der Waals surface area contributed by atoms with Crippen molar-refractivity contribution in [1.82, 2.24) is 9.55 Å². The van der Waals surface area contributed by atoms with Gasteiger partial charge in [-0.25, -0.2) is 4.98 Å². The van der Waals surface area contributed by atoms with E-state index in [0.29, 0.717) is 0 Å². The summed E-state index contributed by atoms with van der Waals surface area (Å²) >= 11 is 0. The van der Waals surface area contributed by atoms with Crippen LogP contribution >= 0.6 is 0 Å². The summed E-state index contributed by atoms with van der Waals surface area (Å²) in [7, 11) is 0. The number of hydrogen-bond acceptors (Lipinski definition) is 2. The van der Waals surface area contributed by atoms with Crippen molar-refractivity contribution >= 4 is 5.97 Å². The third-order valence-electron chi connectivity index (χ3n) is 3.00. The molecule has 1 N–H and O–H groups in total. The molecular weight excluding hydrogens is 240 g/mol. The fraction of sp³-hybridized carbons (Fsp3) is 0.333. The van der Waals surface area contributed by atoms with E-state index < -0.39 is 5.97 Å². The summed E-state index contributed by atoms with van der Waals surface area (Å²) in [6.07, 6.45) is 3.59. The minimum atomic E-state index is -0.825. The molecule has 0 saturated heterocycles. The number of carbonyl (C=O) groups is 1. The molecule has 1 heterocycles. The molecule has 0 radical (unpaired) electrons. The Hall–Kier alpha value is -2.10. The van der Waals surface area contributed by atoms with Crippen molar-refractivity contribution in [2.24, 2.45) is 0 Å². The minimum Gasteiger partial charge on any atom is -0.481 e. The number of aromatic nitrogens is 2. The smallest absolute Gasteiger partial charge is 0.307 e. The number of benzene rings is 1. The van der Waals surface area contributed by atoms with Crippen LogP contribution in [0, 0.1) is 0 Å². The zero-order valence-electron chi connectivity index (χ0n) is 11.4. The maximum Gasteiger partial charge on any atom is 0.307 e. The van der Waals surface area contributed by atoms with Gasteiger partial charge in [0, 0.05) is 11.1 Å². The number of rotatable bonds is 3. The fourth-order valence-electron chi connectivity index (χ4n) is 2.12. The molecule has 0 aliphatic heterocycles. The van der Waals surface area contributed by atoms with E-state index in [4.69, 9.17) is 5.11 Å². The molecule has 100 valence electrons. The Morgan fingerprint density at radius 3 is 2.63 bits per heavy atom. The van der Waals surface area contributed by atoms with Gasteiger partial charge in [-0.2, -0.15) is 0 Å². The zero-order valence-corrected chi connectivity index (χ0v) is 11.4. The highest BCUT2D eigenvalue weighted by Crippen LogP contribution is 2.28. The molecule has 0 saturated carbocycles. The van der Waals surface area contributed by atoms with Gasteiger partial charge in [-0.15, -0.1) is 0 Å². The molecule has 0 spiro atoms. The monoisotopic (exact) mass is 258 g/mol. The molecular formula is C15H18N2O2. The Morgan fingerprint density at radius 1 is 1.32 bits per heavy atom. The molecule has 1 aromatic carbocycles. The average Bonchev–Trinajstić information content (AvgIpc) is 2.77. The van der Waals surface area contributed by atoms with E-state index in [1.807, 2.05) is 24.3 Å². The van der Waals surface area contributed by atoms with Crippen LogP contribution in [0.2, 0.25) is 0 Å². The lowest BCUT2D eigenvalue weighted by Gasteiger charge is -2.24. The molecule has 0 atom stereocenters. The van der Waals surface area contributed by atoms with E-state index in [-0.39, 0.29) is 12.0 Å². The van der Waals surface area contributed by atoms with Gasteiger partial charge in [0.05, 0.1) is 24.6 Å². The number of nitrogens with zero attached hydrogens (tertiary/aromatic N) is 2. The second kappa shape index (κ2) is 4.88. The normalized spacial score (nSPS) is 11.5. The van der Waals surface area contributed by atoms with Crippen molar-refractivity contribution in [3.8, 4) is 11.3 Å². The van der Waals surface area contributed by atoms with Crippen molar-refractivity contribution in [2.75, 3.05) is 0 Å². The molecule has 0 bridgehead atoms. The predicted octanol–water partition coefficient (Wildman–Crippen LogP) is 2.93. The molecule has 4 nitrogen and oxygen atoms in total. The highest BCUT2D eigenvalue weighted by Gasteiger charge is 2.19. The van der Waals surface area contributed by atoms with Crippen molar-refractivity contribution in [3.05, 3.63) is 42.4 Å². The maximum absolute atomic E-state index is 10.9. The van der Waals surface area contributed by atoms with Crippen LogP contribution in [0.3, 0.4) is 0 Å². The average molecular weight is 258 g/mol. The number of imidazole rings is 1. The van der Waals surface area contributed by atoms with Crippen LogP contribution in [0.1, 0.15) is 26.3 Å². The molecule has 2 rings (SSSR count). The maximum atomic E-state index is 10.9. The van der Waals surface area contributed by atoms with Crippen LogP contribution in [0.25, 0.3) is 11.3 Å². The van der Waals surface area contributed by atoms with Crippen molar-refractivity contribution in [1.29, 1.82) is 0 Å². The van der Waals surface area contributed by atoms with Gasteiger partial charge < -0.3 is 9.67 Å². The lowest BCUT2D eigenvalue weighted by atomic mass is 10.0. The predicted molar refractivity (Wildman–Crippen MR) is 74.0 cm³/mol. The zero-order chi connectivity index (χ0) is 14.0. The van der Waals surface area contributed by atoms with E-state index >= 15 is 0 Å². The summed E-state index contributed by atoms with van der Waals surface area (Å²) < 4.78 is 2.06. The van der Waals surface area contributed by atoms with Crippen LogP contribution in [0.4, 0.5) is 0 Å². The standard InChI is InChI=1S/C15H18N2O2/c1-15(2,3)17-10-16-9-13(17)12-7-5-4-6-11(12)8-14(18)19/h4-7,9-10H,8H2,1-3H3,(H,18,19). The quantitative estimate of drug-likeness (QED) is 0.921. The molecule has 2 aromatic rings. The Bertz CT molecular complexity index is 594. The minimum absolute atomic E-state index is 0.0193. The van der Waals surface area contributed by atoms with Gasteiger partial charge in [0.2, 0.25) is 0 Å². The first-order valence-corrected chi connectivity index (χ1v) is 6.22. The molecule has 0 amide bonds. The van der Waals surface area contributed by atoms with Gasteiger partial charge in [-0.1, -0.05) is 24.3 Å². The van der Waals surface area contributed by atoms with Crippen LogP contribution < -0.4 is 0 Å². The molecule has 19 heavy (non-hydrogen) atoms. The van der Waals surface area contributed by atoms with Gasteiger partial charge >= 0.3 is 5.97 Å². The van der Waals surface area contributed by atoms with Gasteiger partial charge in [0.15, 0.2) is 0 Å². The first kappa shape index (κ1) is 13.3. The van der Waals surface area contributed by atoms with E-state index in [9.17, 15) is 4.79 Å². The largest absolute Gasteiger partial charge is 0.481 e. The Labute approximate surface area is 112 Å². The van der Waals surface area contributed by atoms with E-state index in [1.54, 1.807) is 12.5 Å². The van der Waals surface area contributed by atoms with Crippen molar-refractivity contribution in [3.63, 3.8) is 0 Å². The molecule has 0 aliphatic carbocycles. The molecule has 4 heteroatoms. The van der Waals surface area contributed by atoms with Gasteiger partial charge in [-0.3, -0.25) is 4.79 Å². The second-order valence-electron chi connectivity index (χ2n) is 5.55. The topological polar surface area (TPSA) is 55.1 Å². The molecule has 0 fully saturated rings. The second-order valence-corrected chi connectivity index (χ2v) is 5.55. The highest BCUT2D eigenvalue weighted by molar-refractivity contribution is 5.75. The lowest BCUT2D eigenvalue weighted by Crippen LogP contribution is -2.22. The van der Waals surface area contributed by atoms with Crippen LogP contribution in [0.5, 0.6) is 0 Å². The van der Waals surface area contributed by atoms with Gasteiger partial charge in [0.25, 0.3) is 0 Å². The summed E-state index contributed by atoms with van der Waals surface area (Å²) in [6.45, 7) is 6.29. The Morgan fingerprint density at radius 2 is 2.00 bits per heavy atom. The van der Waals surface area contributed by atoms with E-state index in [0.717, 1.165) is 16.8 Å². The van der Waals surface area contributed by atoms with Crippen molar-refractivity contribution < 1.29 is 9.90 Å². The van der Waals surface area contributed by atoms with Crippen LogP contribution in [-0.4, -0.2) is 20.6 Å². The molecule has 0 unspecified atom stereocenters. The van der Waals surface area contributed by atoms with E-state index in [1.165, 1.54) is 0 Å². The summed E-state index contributed by atoms with van der Waals surface area (Å²) in [5.41, 5.74) is 2.59. The summed E-state index contributed by atoms with van der Waals surface area (Å²) in [4.78, 5) is 15.2. The van der Waals surface area contributed by atoms with Gasteiger partial charge in [0.1, 0.15) is 0 Å². The van der Waals surface area contributed by atoms with E-state index in [2.05, 4.69) is 30.3 Å².